The molecule has 0 spiro atoms. The first-order valence-corrected chi connectivity index (χ1v) is 10.3. The van der Waals surface area contributed by atoms with E-state index in [0.717, 1.165) is 50.5 Å². The average molecular weight is 390 g/mol. The molecule has 7 heteroatoms. The Bertz CT molecular complexity index is 1060. The van der Waals surface area contributed by atoms with Crippen LogP contribution in [0.1, 0.15) is 24.0 Å². The molecule has 5 rings (SSSR count). The zero-order chi connectivity index (χ0) is 20.0. The molecule has 7 nitrogen and oxygen atoms in total. The number of rotatable bonds is 4. The molecule has 1 aromatic carbocycles. The monoisotopic (exact) mass is 390 g/mol. The maximum atomic E-state index is 12.0. The van der Waals surface area contributed by atoms with E-state index in [4.69, 9.17) is 0 Å². The lowest BCUT2D eigenvalue weighted by atomic mass is 10.1. The van der Waals surface area contributed by atoms with E-state index in [1.807, 2.05) is 16.6 Å². The number of aromatic nitrogens is 3. The highest BCUT2D eigenvalue weighted by Gasteiger charge is 2.30. The number of hydrogen-bond acceptors (Lipinski definition) is 5. The van der Waals surface area contributed by atoms with E-state index < -0.39 is 0 Å². The second kappa shape index (κ2) is 7.06. The molecular weight excluding hydrogens is 364 g/mol. The molecule has 1 saturated carbocycles. The number of benzene rings is 1. The first kappa shape index (κ1) is 18.0. The third kappa shape index (κ3) is 3.52. The standard InChI is InChI=1S/C22H26N6O/c1-15-6-9-18(14-16(15)2)26-10-12-27(13-11-26)20-5-3-4-19-23-22(25-28(19)20)24-21(29)17-7-8-17/h3-6,9,14,17H,7-8,10-13H2,1-2H3,(H,24,25,29). The molecule has 0 bridgehead atoms. The molecule has 1 aliphatic heterocycles. The SMILES string of the molecule is Cc1ccc(N2CCN(c3cccc4nc(NC(=O)C5CC5)nn34)CC2)cc1C. The van der Waals surface area contributed by atoms with E-state index in [-0.39, 0.29) is 11.8 Å². The molecule has 150 valence electrons. The zero-order valence-corrected chi connectivity index (χ0v) is 16.9. The van der Waals surface area contributed by atoms with Gasteiger partial charge in [0.05, 0.1) is 0 Å². The van der Waals surface area contributed by atoms with Gasteiger partial charge in [0.2, 0.25) is 11.9 Å². The first-order valence-electron chi connectivity index (χ1n) is 10.3. The van der Waals surface area contributed by atoms with Gasteiger partial charge >= 0.3 is 0 Å². The van der Waals surface area contributed by atoms with Crippen LogP contribution in [0.5, 0.6) is 0 Å². The summed E-state index contributed by atoms with van der Waals surface area (Å²) in [6, 6.07) is 12.7. The smallest absolute Gasteiger partial charge is 0.249 e. The van der Waals surface area contributed by atoms with Crippen molar-refractivity contribution in [2.75, 3.05) is 41.3 Å². The van der Waals surface area contributed by atoms with Crippen LogP contribution in [-0.2, 0) is 4.79 Å². The number of nitrogens with one attached hydrogen (secondary N) is 1. The van der Waals surface area contributed by atoms with E-state index in [1.165, 1.54) is 16.8 Å². The number of carbonyl (C=O) groups is 1. The van der Waals surface area contributed by atoms with Crippen molar-refractivity contribution in [2.24, 2.45) is 5.92 Å². The van der Waals surface area contributed by atoms with Crippen molar-refractivity contribution < 1.29 is 4.79 Å². The minimum Gasteiger partial charge on any atom is -0.368 e. The van der Waals surface area contributed by atoms with E-state index >= 15 is 0 Å². The molecule has 0 radical (unpaired) electrons. The van der Waals surface area contributed by atoms with E-state index in [2.05, 4.69) is 63.3 Å². The van der Waals surface area contributed by atoms with Crippen LogP contribution < -0.4 is 15.1 Å². The number of aryl methyl sites for hydroxylation is 2. The Morgan fingerprint density at radius 3 is 2.48 bits per heavy atom. The molecular formula is C22H26N6O. The topological polar surface area (TPSA) is 65.8 Å². The minimum absolute atomic E-state index is 0.0319. The Morgan fingerprint density at radius 1 is 1.00 bits per heavy atom. The lowest BCUT2D eigenvalue weighted by Gasteiger charge is -2.37. The van der Waals surface area contributed by atoms with Crippen molar-refractivity contribution in [3.63, 3.8) is 0 Å². The summed E-state index contributed by atoms with van der Waals surface area (Å²) in [5.74, 6) is 1.58. The fourth-order valence-electron chi connectivity index (χ4n) is 3.86. The number of hydrogen-bond donors (Lipinski definition) is 1. The Kier molecular flexibility index (Phi) is 4.38. The van der Waals surface area contributed by atoms with Crippen LogP contribution in [0, 0.1) is 19.8 Å². The molecule has 1 aliphatic carbocycles. The van der Waals surface area contributed by atoms with Crippen LogP contribution in [0.25, 0.3) is 5.65 Å². The molecule has 29 heavy (non-hydrogen) atoms. The summed E-state index contributed by atoms with van der Waals surface area (Å²) in [5.41, 5.74) is 4.70. The molecule has 3 heterocycles. The largest absolute Gasteiger partial charge is 0.368 e. The second-order valence-electron chi connectivity index (χ2n) is 8.10. The predicted molar refractivity (Wildman–Crippen MR) is 115 cm³/mol. The third-order valence-electron chi connectivity index (χ3n) is 5.98. The molecule has 2 fully saturated rings. The lowest BCUT2D eigenvalue weighted by molar-refractivity contribution is -0.117. The van der Waals surface area contributed by atoms with Crippen LogP contribution in [0.3, 0.4) is 0 Å². The second-order valence-corrected chi connectivity index (χ2v) is 8.10. The highest BCUT2D eigenvalue weighted by molar-refractivity contribution is 5.92. The van der Waals surface area contributed by atoms with Gasteiger partial charge in [0, 0.05) is 37.8 Å². The highest BCUT2D eigenvalue weighted by Crippen LogP contribution is 2.30. The molecule has 0 atom stereocenters. The molecule has 3 aromatic rings. The zero-order valence-electron chi connectivity index (χ0n) is 16.9. The van der Waals surface area contributed by atoms with Gasteiger partial charge in [-0.1, -0.05) is 12.1 Å². The van der Waals surface area contributed by atoms with E-state index in [9.17, 15) is 4.79 Å². The normalized spacial score (nSPS) is 17.0. The molecule has 1 saturated heterocycles. The maximum Gasteiger partial charge on any atom is 0.249 e. The van der Waals surface area contributed by atoms with Gasteiger partial charge < -0.3 is 9.80 Å². The molecule has 2 aromatic heterocycles. The predicted octanol–water partition coefficient (Wildman–Crippen LogP) is 3.02. The van der Waals surface area contributed by atoms with Crippen molar-refractivity contribution in [3.8, 4) is 0 Å². The highest BCUT2D eigenvalue weighted by atomic mass is 16.2. The van der Waals surface area contributed by atoms with Crippen molar-refractivity contribution in [1.29, 1.82) is 0 Å². The van der Waals surface area contributed by atoms with E-state index in [1.54, 1.807) is 0 Å². The average Bonchev–Trinajstić information content (AvgIpc) is 3.50. The minimum atomic E-state index is 0.0319. The summed E-state index contributed by atoms with van der Waals surface area (Å²) in [4.78, 5) is 21.3. The van der Waals surface area contributed by atoms with Gasteiger partial charge in [-0.2, -0.15) is 9.50 Å². The fourth-order valence-corrected chi connectivity index (χ4v) is 3.86. The van der Waals surface area contributed by atoms with Gasteiger partial charge in [-0.05, 0) is 62.1 Å². The summed E-state index contributed by atoms with van der Waals surface area (Å²) in [7, 11) is 0. The summed E-state index contributed by atoms with van der Waals surface area (Å²) in [6.45, 7) is 8.06. The summed E-state index contributed by atoms with van der Waals surface area (Å²) in [6.07, 6.45) is 1.93. The summed E-state index contributed by atoms with van der Waals surface area (Å²) >= 11 is 0. The number of piperazine rings is 1. The van der Waals surface area contributed by atoms with Crippen LogP contribution in [0.15, 0.2) is 36.4 Å². The van der Waals surface area contributed by atoms with Gasteiger partial charge in [0.25, 0.3) is 0 Å². The maximum absolute atomic E-state index is 12.0. The Balaban J connectivity index is 1.32. The van der Waals surface area contributed by atoms with Crippen molar-refractivity contribution >= 4 is 29.0 Å². The number of nitrogens with zero attached hydrogens (tertiary/aromatic N) is 5. The molecule has 0 unspecified atom stereocenters. The van der Waals surface area contributed by atoms with Crippen molar-refractivity contribution in [1.82, 2.24) is 14.6 Å². The first-order chi connectivity index (χ1) is 14.1. The van der Waals surface area contributed by atoms with Crippen molar-refractivity contribution in [3.05, 3.63) is 47.5 Å². The van der Waals surface area contributed by atoms with Crippen molar-refractivity contribution in [2.45, 2.75) is 26.7 Å². The van der Waals surface area contributed by atoms with Crippen LogP contribution in [-0.4, -0.2) is 46.7 Å². The number of amides is 1. The van der Waals surface area contributed by atoms with Gasteiger partial charge in [-0.25, -0.2) is 0 Å². The third-order valence-corrected chi connectivity index (χ3v) is 5.98. The van der Waals surface area contributed by atoms with Gasteiger partial charge in [0.15, 0.2) is 5.65 Å². The Hall–Kier alpha value is -3.09. The Labute approximate surface area is 170 Å². The molecule has 1 N–H and O–H groups in total. The lowest BCUT2D eigenvalue weighted by Crippen LogP contribution is -2.47. The summed E-state index contributed by atoms with van der Waals surface area (Å²) < 4.78 is 1.84. The number of pyridine rings is 1. The van der Waals surface area contributed by atoms with Gasteiger partial charge in [-0.15, -0.1) is 5.10 Å². The summed E-state index contributed by atoms with van der Waals surface area (Å²) in [5, 5.41) is 7.41. The Morgan fingerprint density at radius 2 is 1.76 bits per heavy atom. The van der Waals surface area contributed by atoms with Crippen LogP contribution >= 0.6 is 0 Å². The fraction of sp³-hybridized carbons (Fsp3) is 0.409. The van der Waals surface area contributed by atoms with E-state index in [0.29, 0.717) is 5.95 Å². The molecule has 1 amide bonds. The molecule has 2 aliphatic rings. The van der Waals surface area contributed by atoms with Crippen LogP contribution in [0.2, 0.25) is 0 Å². The quantitative estimate of drug-likeness (QED) is 0.742. The van der Waals surface area contributed by atoms with Gasteiger partial charge in [0.1, 0.15) is 5.82 Å². The van der Waals surface area contributed by atoms with Crippen LogP contribution in [0.4, 0.5) is 17.5 Å². The number of fused-ring (bicyclic) bond motifs is 1. The number of carbonyl (C=O) groups excluding carboxylic acids is 1. The van der Waals surface area contributed by atoms with Gasteiger partial charge in [-0.3, -0.25) is 10.1 Å². The number of anilines is 3.